The minimum atomic E-state index is -3.47. The lowest BCUT2D eigenvalue weighted by Crippen LogP contribution is -2.22. The van der Waals surface area contributed by atoms with Crippen molar-refractivity contribution < 1.29 is 17.6 Å². The molecule has 0 fully saturated rings. The SMILES string of the molecule is CNS(=O)(=O)c1ccc(CNC(=O)c2oc3c(Cl)cccc3c2C)s1. The number of fused-ring (bicyclic) bond motifs is 1. The Morgan fingerprint density at radius 3 is 2.72 bits per heavy atom. The van der Waals surface area contributed by atoms with Crippen LogP contribution in [0.3, 0.4) is 0 Å². The van der Waals surface area contributed by atoms with Crippen LogP contribution in [0.1, 0.15) is 21.0 Å². The molecular weight excluding hydrogens is 384 g/mol. The maximum atomic E-state index is 12.4. The summed E-state index contributed by atoms with van der Waals surface area (Å²) in [4.78, 5) is 13.1. The van der Waals surface area contributed by atoms with Crippen molar-refractivity contribution in [3.05, 3.63) is 51.6 Å². The van der Waals surface area contributed by atoms with Crippen LogP contribution in [-0.4, -0.2) is 21.4 Å². The lowest BCUT2D eigenvalue weighted by atomic mass is 10.1. The maximum Gasteiger partial charge on any atom is 0.287 e. The minimum absolute atomic E-state index is 0.197. The van der Waals surface area contributed by atoms with Crippen LogP contribution in [0.4, 0.5) is 0 Å². The van der Waals surface area contributed by atoms with Gasteiger partial charge in [0.15, 0.2) is 11.3 Å². The molecule has 2 heterocycles. The summed E-state index contributed by atoms with van der Waals surface area (Å²) in [5, 5.41) is 3.97. The zero-order valence-electron chi connectivity index (χ0n) is 13.4. The highest BCUT2D eigenvalue weighted by Gasteiger charge is 2.19. The normalized spacial score (nSPS) is 11.8. The Balaban J connectivity index is 1.78. The van der Waals surface area contributed by atoms with Crippen molar-refractivity contribution in [2.75, 3.05) is 7.05 Å². The summed E-state index contributed by atoms with van der Waals surface area (Å²) in [6.07, 6.45) is 0. The number of halogens is 1. The molecule has 0 bridgehead atoms. The second kappa shape index (κ2) is 6.80. The predicted molar refractivity (Wildman–Crippen MR) is 97.7 cm³/mol. The molecule has 132 valence electrons. The molecule has 2 N–H and O–H groups in total. The summed E-state index contributed by atoms with van der Waals surface area (Å²) in [6.45, 7) is 1.99. The number of aryl methyl sites for hydroxylation is 1. The first kappa shape index (κ1) is 17.9. The third kappa shape index (κ3) is 3.43. The second-order valence-corrected chi connectivity index (χ2v) is 8.97. The van der Waals surface area contributed by atoms with E-state index in [9.17, 15) is 13.2 Å². The number of hydrogen-bond donors (Lipinski definition) is 2. The highest BCUT2D eigenvalue weighted by molar-refractivity contribution is 7.91. The summed E-state index contributed by atoms with van der Waals surface area (Å²) in [5.41, 5.74) is 1.19. The molecule has 0 aliphatic rings. The fourth-order valence-corrected chi connectivity index (χ4v) is 4.72. The summed E-state index contributed by atoms with van der Waals surface area (Å²) >= 11 is 7.19. The first-order valence-corrected chi connectivity index (χ1v) is 9.99. The molecule has 6 nitrogen and oxygen atoms in total. The number of furan rings is 1. The molecule has 0 aliphatic heterocycles. The van der Waals surface area contributed by atoms with E-state index >= 15 is 0 Å². The first-order chi connectivity index (χ1) is 11.8. The number of carbonyl (C=O) groups is 1. The Labute approximate surface area is 153 Å². The van der Waals surface area contributed by atoms with Gasteiger partial charge in [-0.3, -0.25) is 4.79 Å². The van der Waals surface area contributed by atoms with Crippen molar-refractivity contribution in [2.24, 2.45) is 0 Å². The van der Waals surface area contributed by atoms with Gasteiger partial charge in [0.25, 0.3) is 5.91 Å². The lowest BCUT2D eigenvalue weighted by Gasteiger charge is -2.02. The number of rotatable bonds is 5. The van der Waals surface area contributed by atoms with Gasteiger partial charge in [-0.15, -0.1) is 11.3 Å². The largest absolute Gasteiger partial charge is 0.449 e. The Hall–Kier alpha value is -1.87. The van der Waals surface area contributed by atoms with Gasteiger partial charge in [-0.05, 0) is 32.2 Å². The topological polar surface area (TPSA) is 88.4 Å². The molecule has 0 atom stereocenters. The van der Waals surface area contributed by atoms with Crippen LogP contribution >= 0.6 is 22.9 Å². The molecule has 25 heavy (non-hydrogen) atoms. The number of para-hydroxylation sites is 1. The van der Waals surface area contributed by atoms with Gasteiger partial charge in [0.1, 0.15) is 4.21 Å². The summed E-state index contributed by atoms with van der Waals surface area (Å²) < 4.78 is 31.5. The molecule has 0 saturated carbocycles. The number of nitrogens with one attached hydrogen (secondary N) is 2. The van der Waals surface area contributed by atoms with Gasteiger partial charge in [0.2, 0.25) is 10.0 Å². The van der Waals surface area contributed by atoms with E-state index in [0.29, 0.717) is 21.0 Å². The molecule has 3 rings (SSSR count). The van der Waals surface area contributed by atoms with E-state index in [0.717, 1.165) is 16.7 Å². The van der Waals surface area contributed by atoms with Gasteiger partial charge in [-0.1, -0.05) is 23.7 Å². The van der Waals surface area contributed by atoms with Crippen LogP contribution in [0, 0.1) is 6.92 Å². The minimum Gasteiger partial charge on any atom is -0.449 e. The standard InChI is InChI=1S/C16H15ClN2O4S2/c1-9-11-4-3-5-12(17)15(11)23-14(9)16(20)19-8-10-6-7-13(24-10)25(21,22)18-2/h3-7,18H,8H2,1-2H3,(H,19,20). The van der Waals surface area contributed by atoms with Crippen LogP contribution in [0.2, 0.25) is 5.02 Å². The highest BCUT2D eigenvalue weighted by Crippen LogP contribution is 2.30. The van der Waals surface area contributed by atoms with Crippen molar-refractivity contribution in [3.8, 4) is 0 Å². The van der Waals surface area contributed by atoms with Crippen molar-refractivity contribution in [1.29, 1.82) is 0 Å². The molecule has 3 aromatic rings. The van der Waals surface area contributed by atoms with E-state index in [2.05, 4.69) is 10.0 Å². The Morgan fingerprint density at radius 2 is 2.04 bits per heavy atom. The molecule has 0 spiro atoms. The van der Waals surface area contributed by atoms with Gasteiger partial charge in [-0.2, -0.15) is 0 Å². The van der Waals surface area contributed by atoms with Gasteiger partial charge < -0.3 is 9.73 Å². The molecule has 0 saturated heterocycles. The highest BCUT2D eigenvalue weighted by atomic mass is 35.5. The Bertz CT molecular complexity index is 1050. The van der Waals surface area contributed by atoms with E-state index in [1.807, 2.05) is 6.07 Å². The van der Waals surface area contributed by atoms with Crippen LogP contribution in [0.25, 0.3) is 11.0 Å². The third-order valence-corrected chi connectivity index (χ3v) is 7.00. The molecule has 9 heteroatoms. The van der Waals surface area contributed by atoms with Gasteiger partial charge in [-0.25, -0.2) is 13.1 Å². The zero-order chi connectivity index (χ0) is 18.2. The van der Waals surface area contributed by atoms with E-state index < -0.39 is 10.0 Å². The molecule has 0 aliphatic carbocycles. The van der Waals surface area contributed by atoms with E-state index in [4.69, 9.17) is 16.0 Å². The first-order valence-electron chi connectivity index (χ1n) is 7.31. The lowest BCUT2D eigenvalue weighted by molar-refractivity contribution is 0.0925. The summed E-state index contributed by atoms with van der Waals surface area (Å²) in [6, 6.07) is 8.50. The fourth-order valence-electron chi connectivity index (χ4n) is 2.37. The van der Waals surface area contributed by atoms with Crippen LogP contribution in [0.15, 0.2) is 39.0 Å². The Morgan fingerprint density at radius 1 is 1.28 bits per heavy atom. The zero-order valence-corrected chi connectivity index (χ0v) is 15.8. The molecular formula is C16H15ClN2O4S2. The summed E-state index contributed by atoms with van der Waals surface area (Å²) in [7, 11) is -2.12. The smallest absolute Gasteiger partial charge is 0.287 e. The van der Waals surface area contributed by atoms with Crippen LogP contribution in [0.5, 0.6) is 0 Å². The number of amides is 1. The van der Waals surface area contributed by atoms with Crippen molar-refractivity contribution in [3.63, 3.8) is 0 Å². The number of thiophene rings is 1. The van der Waals surface area contributed by atoms with Crippen molar-refractivity contribution in [1.82, 2.24) is 10.0 Å². The molecule has 1 amide bonds. The molecule has 0 unspecified atom stereocenters. The average molecular weight is 399 g/mol. The van der Waals surface area contributed by atoms with Gasteiger partial charge >= 0.3 is 0 Å². The van der Waals surface area contributed by atoms with Crippen molar-refractivity contribution >= 4 is 49.8 Å². The van der Waals surface area contributed by atoms with Crippen molar-refractivity contribution in [2.45, 2.75) is 17.7 Å². The van der Waals surface area contributed by atoms with Gasteiger partial charge in [0, 0.05) is 15.8 Å². The Kier molecular flexibility index (Phi) is 4.88. The third-order valence-electron chi connectivity index (χ3n) is 3.72. The van der Waals surface area contributed by atoms with Gasteiger partial charge in [0.05, 0.1) is 11.6 Å². The fraction of sp³-hybridized carbons (Fsp3) is 0.188. The number of sulfonamides is 1. The quantitative estimate of drug-likeness (QED) is 0.690. The number of benzene rings is 1. The number of hydrogen-bond acceptors (Lipinski definition) is 5. The maximum absolute atomic E-state index is 12.4. The molecule has 1 aromatic carbocycles. The van der Waals surface area contributed by atoms with Crippen LogP contribution < -0.4 is 10.0 Å². The molecule has 0 radical (unpaired) electrons. The van der Waals surface area contributed by atoms with E-state index in [-0.39, 0.29) is 22.4 Å². The second-order valence-electron chi connectivity index (χ2n) is 5.28. The number of carbonyl (C=O) groups excluding carboxylic acids is 1. The summed E-state index contributed by atoms with van der Waals surface area (Å²) in [5.74, 6) is -0.182. The molecule has 2 aromatic heterocycles. The van der Waals surface area contributed by atoms with E-state index in [1.54, 1.807) is 25.1 Å². The van der Waals surface area contributed by atoms with Crippen LogP contribution in [-0.2, 0) is 16.6 Å². The predicted octanol–water partition coefficient (Wildman–Crippen LogP) is 3.29. The monoisotopic (exact) mass is 398 g/mol. The van der Waals surface area contributed by atoms with E-state index in [1.165, 1.54) is 13.1 Å². The average Bonchev–Trinajstić information content (AvgIpc) is 3.19.